The van der Waals surface area contributed by atoms with Gasteiger partial charge in [0.25, 0.3) is 0 Å². The molecule has 0 aromatic rings. The van der Waals surface area contributed by atoms with Gasteiger partial charge in [-0.3, -0.25) is 33.6 Å². The second-order valence-corrected chi connectivity index (χ2v) is 14.4. The van der Waals surface area contributed by atoms with Crippen LogP contribution in [0.25, 0.3) is 0 Å². The standard InChI is InChI=1S/C34H62N8O10/c1-10-19(8)27(34(51)52)41-33(50)28(20(9)43)42-31(48)23(14-17(4)5)38-29(46)21(11-12-24(36)44)37-30(47)22(13-16(2)3)39-32(49)26(18(6)7)40-25(45)15-35/h16-23,26-28,43H,10-15,35H2,1-9H3,(H2,36,44)(H,37,47)(H,38,46)(H,39,49)(H,40,45)(H,41,50)(H,42,48)(H,51,52)/t19-,20+,21-,22-,23-,26-,27-,28-/m0/s1. The van der Waals surface area contributed by atoms with Gasteiger partial charge in [-0.2, -0.15) is 0 Å². The summed E-state index contributed by atoms with van der Waals surface area (Å²) in [6, 6.07) is -7.77. The molecule has 18 nitrogen and oxygen atoms in total. The van der Waals surface area contributed by atoms with E-state index in [2.05, 4.69) is 31.9 Å². The summed E-state index contributed by atoms with van der Waals surface area (Å²) < 4.78 is 0. The highest BCUT2D eigenvalue weighted by Gasteiger charge is 2.36. The molecule has 0 aliphatic heterocycles. The maximum atomic E-state index is 13.7. The molecule has 0 fully saturated rings. The van der Waals surface area contributed by atoms with Crippen LogP contribution in [0.2, 0.25) is 0 Å². The van der Waals surface area contributed by atoms with E-state index in [-0.39, 0.29) is 50.0 Å². The molecule has 0 heterocycles. The Morgan fingerprint density at radius 1 is 0.596 bits per heavy atom. The molecule has 0 bridgehead atoms. The van der Waals surface area contributed by atoms with Gasteiger partial charge in [0.15, 0.2) is 0 Å². The Morgan fingerprint density at radius 3 is 1.42 bits per heavy atom. The Balaban J connectivity index is 6.31. The number of aliphatic hydroxyl groups excluding tert-OH is 1. The number of hydrogen-bond acceptors (Lipinski definition) is 10. The van der Waals surface area contributed by atoms with Gasteiger partial charge in [-0.1, -0.05) is 61.8 Å². The summed E-state index contributed by atoms with van der Waals surface area (Å²) in [7, 11) is 0. The van der Waals surface area contributed by atoms with Crippen LogP contribution in [0.3, 0.4) is 0 Å². The molecule has 0 aliphatic carbocycles. The Labute approximate surface area is 306 Å². The maximum Gasteiger partial charge on any atom is 0.326 e. The number of aliphatic carboxylic acids is 1. The number of carbonyl (C=O) groups excluding carboxylic acids is 7. The first-order chi connectivity index (χ1) is 24.0. The molecular formula is C34H62N8O10. The highest BCUT2D eigenvalue weighted by molar-refractivity contribution is 5.97. The van der Waals surface area contributed by atoms with Gasteiger partial charge in [0.2, 0.25) is 41.4 Å². The van der Waals surface area contributed by atoms with Crippen molar-refractivity contribution in [1.82, 2.24) is 31.9 Å². The van der Waals surface area contributed by atoms with Crippen LogP contribution in [-0.4, -0.2) is 106 Å². The van der Waals surface area contributed by atoms with E-state index in [9.17, 15) is 48.6 Å². The van der Waals surface area contributed by atoms with Crippen molar-refractivity contribution < 1.29 is 48.6 Å². The Kier molecular flexibility index (Phi) is 21.3. The third-order valence-electron chi connectivity index (χ3n) is 8.28. The number of primary amides is 1. The average Bonchev–Trinajstić information content (AvgIpc) is 3.03. The summed E-state index contributed by atoms with van der Waals surface area (Å²) in [4.78, 5) is 103. The van der Waals surface area contributed by atoms with E-state index in [0.29, 0.717) is 6.42 Å². The zero-order chi connectivity index (χ0) is 40.5. The number of nitrogens with one attached hydrogen (secondary N) is 6. The summed E-state index contributed by atoms with van der Waals surface area (Å²) in [5.41, 5.74) is 10.7. The molecule has 0 aliphatic rings. The summed E-state index contributed by atoms with van der Waals surface area (Å²) in [6.07, 6.45) is -1.44. The molecule has 0 rings (SSSR count). The summed E-state index contributed by atoms with van der Waals surface area (Å²) in [5.74, 6) is -7.88. The zero-order valence-electron chi connectivity index (χ0n) is 31.9. The first-order valence-electron chi connectivity index (χ1n) is 17.8. The van der Waals surface area contributed by atoms with E-state index in [0.717, 1.165) is 0 Å². The predicted octanol–water partition coefficient (Wildman–Crippen LogP) is -1.62. The van der Waals surface area contributed by atoms with Gasteiger partial charge in [-0.05, 0) is 49.9 Å². The van der Waals surface area contributed by atoms with Crippen LogP contribution in [0.15, 0.2) is 0 Å². The second-order valence-electron chi connectivity index (χ2n) is 14.4. The maximum absolute atomic E-state index is 13.7. The Morgan fingerprint density at radius 2 is 1.02 bits per heavy atom. The van der Waals surface area contributed by atoms with Crippen LogP contribution in [0, 0.1) is 23.7 Å². The molecule has 8 atom stereocenters. The highest BCUT2D eigenvalue weighted by Crippen LogP contribution is 2.12. The normalized spacial score (nSPS) is 16.0. The topological polar surface area (TPSA) is 301 Å². The van der Waals surface area contributed by atoms with Crippen molar-refractivity contribution in [1.29, 1.82) is 0 Å². The number of rotatable bonds is 24. The lowest BCUT2D eigenvalue weighted by Crippen LogP contribution is -2.61. The highest BCUT2D eigenvalue weighted by atomic mass is 16.4. The molecule has 0 aromatic carbocycles. The molecule has 18 heteroatoms. The fraction of sp³-hybridized carbons (Fsp3) is 0.765. The van der Waals surface area contributed by atoms with Crippen LogP contribution in [0.5, 0.6) is 0 Å². The van der Waals surface area contributed by atoms with Crippen LogP contribution in [0.4, 0.5) is 0 Å². The number of carboxylic acid groups (broad SMARTS) is 1. The number of carboxylic acids is 1. The monoisotopic (exact) mass is 742 g/mol. The summed E-state index contributed by atoms with van der Waals surface area (Å²) in [6.45, 7) is 14.8. The first-order valence-corrected chi connectivity index (χ1v) is 17.8. The molecule has 12 N–H and O–H groups in total. The van der Waals surface area contributed by atoms with Gasteiger partial charge in [0.05, 0.1) is 12.6 Å². The number of aliphatic hydroxyl groups is 1. The third kappa shape index (κ3) is 17.3. The number of hydrogen-bond donors (Lipinski definition) is 10. The lowest BCUT2D eigenvalue weighted by atomic mass is 9.98. The number of nitrogens with two attached hydrogens (primary N) is 2. The van der Waals surface area contributed by atoms with Crippen LogP contribution < -0.4 is 43.4 Å². The fourth-order valence-corrected chi connectivity index (χ4v) is 5.12. The quantitative estimate of drug-likeness (QED) is 0.0536. The van der Waals surface area contributed by atoms with Crippen molar-refractivity contribution in [2.24, 2.45) is 35.1 Å². The SMILES string of the molecule is CC[C@H](C)[C@H](NC(=O)[C@@H](NC(=O)[C@H](CC(C)C)NC(=O)[C@H](CCC(N)=O)NC(=O)[C@H](CC(C)C)NC(=O)[C@@H](NC(=O)CN)C(C)C)[C@@H](C)O)C(=O)O. The summed E-state index contributed by atoms with van der Waals surface area (Å²) in [5, 5.41) is 35.0. The van der Waals surface area contributed by atoms with Gasteiger partial charge in [0, 0.05) is 6.42 Å². The zero-order valence-corrected chi connectivity index (χ0v) is 31.9. The van der Waals surface area contributed by atoms with Crippen molar-refractivity contribution in [2.45, 2.75) is 137 Å². The Bertz CT molecular complexity index is 1240. The molecular weight excluding hydrogens is 680 g/mol. The molecule has 0 unspecified atom stereocenters. The lowest BCUT2D eigenvalue weighted by molar-refractivity contribution is -0.144. The van der Waals surface area contributed by atoms with E-state index < -0.39 is 95.6 Å². The molecule has 0 saturated heterocycles. The predicted molar refractivity (Wildman–Crippen MR) is 192 cm³/mol. The van der Waals surface area contributed by atoms with Crippen molar-refractivity contribution in [3.8, 4) is 0 Å². The summed E-state index contributed by atoms with van der Waals surface area (Å²) >= 11 is 0. The minimum atomic E-state index is -1.58. The van der Waals surface area contributed by atoms with E-state index in [1.165, 1.54) is 6.92 Å². The van der Waals surface area contributed by atoms with E-state index in [1.807, 2.05) is 13.8 Å². The smallest absolute Gasteiger partial charge is 0.326 e. The van der Waals surface area contributed by atoms with E-state index in [4.69, 9.17) is 11.5 Å². The number of carbonyl (C=O) groups is 8. The van der Waals surface area contributed by atoms with Gasteiger partial charge < -0.3 is 53.6 Å². The minimum Gasteiger partial charge on any atom is -0.480 e. The molecule has 0 saturated carbocycles. The molecule has 0 aromatic heterocycles. The van der Waals surface area contributed by atoms with Gasteiger partial charge in [0.1, 0.15) is 36.3 Å². The van der Waals surface area contributed by atoms with E-state index in [1.54, 1.807) is 41.5 Å². The van der Waals surface area contributed by atoms with Gasteiger partial charge in [-0.15, -0.1) is 0 Å². The second kappa shape index (κ2) is 23.3. The van der Waals surface area contributed by atoms with Crippen molar-refractivity contribution >= 4 is 47.3 Å². The van der Waals surface area contributed by atoms with Gasteiger partial charge in [-0.25, -0.2) is 4.79 Å². The van der Waals surface area contributed by atoms with Crippen LogP contribution in [0.1, 0.15) is 94.4 Å². The van der Waals surface area contributed by atoms with E-state index >= 15 is 0 Å². The minimum absolute atomic E-state index is 0.0456. The first kappa shape index (κ1) is 47.7. The van der Waals surface area contributed by atoms with Crippen molar-refractivity contribution in [2.75, 3.05) is 6.54 Å². The third-order valence-corrected chi connectivity index (χ3v) is 8.28. The molecule has 0 spiro atoms. The van der Waals surface area contributed by atoms with Gasteiger partial charge >= 0.3 is 5.97 Å². The molecule has 52 heavy (non-hydrogen) atoms. The molecule has 0 radical (unpaired) electrons. The lowest BCUT2D eigenvalue weighted by Gasteiger charge is -2.29. The average molecular weight is 743 g/mol. The largest absolute Gasteiger partial charge is 0.480 e. The van der Waals surface area contributed by atoms with Crippen LogP contribution >= 0.6 is 0 Å². The van der Waals surface area contributed by atoms with Crippen molar-refractivity contribution in [3.05, 3.63) is 0 Å². The van der Waals surface area contributed by atoms with Crippen molar-refractivity contribution in [3.63, 3.8) is 0 Å². The molecule has 298 valence electrons. The van der Waals surface area contributed by atoms with Crippen LogP contribution in [-0.2, 0) is 38.4 Å². The Hall–Kier alpha value is -4.32. The number of amides is 7. The fourth-order valence-electron chi connectivity index (χ4n) is 5.12. The molecule has 7 amide bonds.